The maximum atomic E-state index is 12.4. The highest BCUT2D eigenvalue weighted by Gasteiger charge is 2.19. The largest absolute Gasteiger partial charge is 0.455 e. The first kappa shape index (κ1) is 17.4. The summed E-state index contributed by atoms with van der Waals surface area (Å²) in [4.78, 5) is 13.0. The maximum Gasteiger partial charge on any atom is 0.287 e. The third-order valence-corrected chi connectivity index (χ3v) is 6.05. The van der Waals surface area contributed by atoms with Gasteiger partial charge in [-0.2, -0.15) is 0 Å². The molecule has 1 heterocycles. The van der Waals surface area contributed by atoms with Gasteiger partial charge >= 0.3 is 0 Å². The Morgan fingerprint density at radius 2 is 1.83 bits per heavy atom. The van der Waals surface area contributed by atoms with Gasteiger partial charge in [0.1, 0.15) is 5.76 Å². The lowest BCUT2D eigenvalue weighted by Gasteiger charge is -2.22. The van der Waals surface area contributed by atoms with Crippen molar-refractivity contribution in [3.63, 3.8) is 0 Å². The van der Waals surface area contributed by atoms with Gasteiger partial charge in [0.05, 0.1) is 16.6 Å². The van der Waals surface area contributed by atoms with Crippen molar-refractivity contribution < 1.29 is 13.4 Å². The Labute approximate surface area is 152 Å². The fourth-order valence-electron chi connectivity index (χ4n) is 2.88. The lowest BCUT2D eigenvalue weighted by Crippen LogP contribution is -2.35. The number of carbonyl (C=O) groups excluding carboxylic acids is 1. The van der Waals surface area contributed by atoms with Crippen LogP contribution in [0.1, 0.15) is 48.4 Å². The van der Waals surface area contributed by atoms with E-state index >= 15 is 0 Å². The van der Waals surface area contributed by atoms with Crippen LogP contribution in [0.25, 0.3) is 0 Å². The van der Waals surface area contributed by atoms with Gasteiger partial charge < -0.3 is 9.73 Å². The molecule has 6 heteroatoms. The first-order valence-corrected chi connectivity index (χ1v) is 10.3. The minimum atomic E-state index is -1.20. The van der Waals surface area contributed by atoms with Gasteiger partial charge in [0, 0.05) is 15.4 Å². The molecule has 1 atom stereocenters. The molecule has 1 fully saturated rings. The average Bonchev–Trinajstić information content (AvgIpc) is 3.05. The highest BCUT2D eigenvalue weighted by molar-refractivity contribution is 9.10. The molecule has 24 heavy (non-hydrogen) atoms. The zero-order chi connectivity index (χ0) is 16.9. The quantitative estimate of drug-likeness (QED) is 0.794. The summed E-state index contributed by atoms with van der Waals surface area (Å²) >= 11 is 3.36. The number of amides is 1. The number of hydrogen-bond donors (Lipinski definition) is 1. The summed E-state index contributed by atoms with van der Waals surface area (Å²) < 4.78 is 18.9. The molecule has 0 spiro atoms. The molecular formula is C18H20BrNO3S. The zero-order valence-electron chi connectivity index (χ0n) is 13.3. The standard InChI is InChI=1S/C18H20BrNO3S/c19-13-6-9-16(10-7-13)24(22)12-15-8-11-17(23-15)18(21)20-14-4-2-1-3-5-14/h6-11,14H,1-5,12H2,(H,20,21)/t24-/m1/s1. The van der Waals surface area contributed by atoms with Gasteiger partial charge in [0.2, 0.25) is 0 Å². The maximum absolute atomic E-state index is 12.4. The van der Waals surface area contributed by atoms with Gasteiger partial charge in [0.25, 0.3) is 5.91 Å². The minimum Gasteiger partial charge on any atom is -0.455 e. The van der Waals surface area contributed by atoms with Gasteiger partial charge in [-0.05, 0) is 49.2 Å². The molecule has 0 radical (unpaired) electrons. The molecule has 1 N–H and O–H groups in total. The summed E-state index contributed by atoms with van der Waals surface area (Å²) in [6.45, 7) is 0. The van der Waals surface area contributed by atoms with Crippen LogP contribution in [0.4, 0.5) is 0 Å². The Morgan fingerprint density at radius 1 is 1.12 bits per heavy atom. The van der Waals surface area contributed by atoms with Crippen LogP contribution in [0, 0.1) is 0 Å². The Morgan fingerprint density at radius 3 is 2.54 bits per heavy atom. The number of nitrogens with one attached hydrogen (secondary N) is 1. The van der Waals surface area contributed by atoms with E-state index in [1.807, 2.05) is 24.3 Å². The van der Waals surface area contributed by atoms with Crippen LogP contribution in [0.3, 0.4) is 0 Å². The minimum absolute atomic E-state index is 0.178. The second-order valence-electron chi connectivity index (χ2n) is 6.02. The molecule has 1 amide bonds. The van der Waals surface area contributed by atoms with E-state index in [1.54, 1.807) is 12.1 Å². The Balaban J connectivity index is 1.59. The Bertz CT molecular complexity index is 720. The molecule has 1 aromatic carbocycles. The molecule has 1 aliphatic carbocycles. The zero-order valence-corrected chi connectivity index (χ0v) is 15.7. The molecular weight excluding hydrogens is 390 g/mol. The molecule has 1 saturated carbocycles. The van der Waals surface area contributed by atoms with Crippen molar-refractivity contribution in [3.05, 3.63) is 52.4 Å². The van der Waals surface area contributed by atoms with E-state index < -0.39 is 10.8 Å². The summed E-state index contributed by atoms with van der Waals surface area (Å²) in [5, 5.41) is 3.03. The molecule has 2 aromatic rings. The van der Waals surface area contributed by atoms with Crippen LogP contribution in [0.2, 0.25) is 0 Å². The summed E-state index contributed by atoms with van der Waals surface area (Å²) in [5.74, 6) is 0.939. The predicted molar refractivity (Wildman–Crippen MR) is 97.3 cm³/mol. The van der Waals surface area contributed by atoms with E-state index in [-0.39, 0.29) is 17.7 Å². The van der Waals surface area contributed by atoms with Gasteiger partial charge in [-0.3, -0.25) is 9.00 Å². The SMILES string of the molecule is O=C(NC1CCCCC1)c1ccc(C[S@@](=O)c2ccc(Br)cc2)o1. The number of furan rings is 1. The second-order valence-corrected chi connectivity index (χ2v) is 8.38. The number of benzene rings is 1. The topological polar surface area (TPSA) is 59.3 Å². The van der Waals surface area contributed by atoms with Crippen LogP contribution in [0.5, 0.6) is 0 Å². The van der Waals surface area contributed by atoms with Crippen molar-refractivity contribution in [1.29, 1.82) is 0 Å². The van der Waals surface area contributed by atoms with Crippen LogP contribution in [0.15, 0.2) is 50.2 Å². The number of rotatable bonds is 5. The Hall–Kier alpha value is -1.40. The van der Waals surface area contributed by atoms with Crippen LogP contribution >= 0.6 is 15.9 Å². The molecule has 0 saturated heterocycles. The average molecular weight is 410 g/mol. The van der Waals surface area contributed by atoms with Crippen molar-refractivity contribution in [1.82, 2.24) is 5.32 Å². The smallest absolute Gasteiger partial charge is 0.287 e. The van der Waals surface area contributed by atoms with Gasteiger partial charge in [-0.15, -0.1) is 0 Å². The van der Waals surface area contributed by atoms with E-state index in [2.05, 4.69) is 21.2 Å². The monoisotopic (exact) mass is 409 g/mol. The fraction of sp³-hybridized carbons (Fsp3) is 0.389. The van der Waals surface area contributed by atoms with E-state index in [0.29, 0.717) is 11.5 Å². The molecule has 4 nitrogen and oxygen atoms in total. The molecule has 0 aliphatic heterocycles. The lowest BCUT2D eigenvalue weighted by atomic mass is 9.95. The highest BCUT2D eigenvalue weighted by atomic mass is 79.9. The van der Waals surface area contributed by atoms with Gasteiger partial charge in [0.15, 0.2) is 5.76 Å². The van der Waals surface area contributed by atoms with Crippen molar-refractivity contribution >= 4 is 32.6 Å². The molecule has 0 unspecified atom stereocenters. The van der Waals surface area contributed by atoms with Crippen molar-refractivity contribution in [2.24, 2.45) is 0 Å². The normalized spacial score (nSPS) is 16.7. The molecule has 1 aliphatic rings. The summed E-state index contributed by atoms with van der Waals surface area (Å²) in [5.41, 5.74) is 0. The molecule has 3 rings (SSSR count). The highest BCUT2D eigenvalue weighted by Crippen LogP contribution is 2.20. The molecule has 1 aromatic heterocycles. The first-order valence-electron chi connectivity index (χ1n) is 8.15. The lowest BCUT2D eigenvalue weighted by molar-refractivity contribution is 0.0898. The van der Waals surface area contributed by atoms with Crippen LogP contribution < -0.4 is 5.32 Å². The van der Waals surface area contributed by atoms with E-state index in [4.69, 9.17) is 4.42 Å². The van der Waals surface area contributed by atoms with E-state index in [0.717, 1.165) is 22.2 Å². The molecule has 0 bridgehead atoms. The third kappa shape index (κ3) is 4.57. The predicted octanol–water partition coefficient (Wildman–Crippen LogP) is 4.41. The van der Waals surface area contributed by atoms with Crippen molar-refractivity contribution in [2.75, 3.05) is 0 Å². The molecule has 128 valence electrons. The summed E-state index contributed by atoms with van der Waals surface area (Å²) in [6.07, 6.45) is 5.65. The van der Waals surface area contributed by atoms with Crippen LogP contribution in [-0.4, -0.2) is 16.2 Å². The summed E-state index contributed by atoms with van der Waals surface area (Å²) in [6, 6.07) is 11.0. The second kappa shape index (κ2) is 8.12. The summed E-state index contributed by atoms with van der Waals surface area (Å²) in [7, 11) is -1.20. The third-order valence-electron chi connectivity index (χ3n) is 4.18. The van der Waals surface area contributed by atoms with Crippen molar-refractivity contribution in [2.45, 2.75) is 48.8 Å². The van der Waals surface area contributed by atoms with Crippen molar-refractivity contribution in [3.8, 4) is 0 Å². The van der Waals surface area contributed by atoms with E-state index in [9.17, 15) is 9.00 Å². The fourth-order valence-corrected chi connectivity index (χ4v) is 4.16. The first-order chi connectivity index (χ1) is 11.6. The van der Waals surface area contributed by atoms with Gasteiger partial charge in [-0.1, -0.05) is 35.2 Å². The number of carbonyl (C=O) groups is 1. The van der Waals surface area contributed by atoms with E-state index in [1.165, 1.54) is 19.3 Å². The van der Waals surface area contributed by atoms with Gasteiger partial charge in [-0.25, -0.2) is 0 Å². The number of halogens is 1. The Kier molecular flexibility index (Phi) is 5.89. The number of hydrogen-bond acceptors (Lipinski definition) is 3. The van der Waals surface area contributed by atoms with Crippen LogP contribution in [-0.2, 0) is 16.6 Å².